The number of ether oxygens (including phenoxy) is 1. The van der Waals surface area contributed by atoms with E-state index in [-0.39, 0.29) is 0 Å². The summed E-state index contributed by atoms with van der Waals surface area (Å²) in [6, 6.07) is 5.81. The Morgan fingerprint density at radius 3 is 3.06 bits per heavy atom. The highest BCUT2D eigenvalue weighted by Gasteiger charge is 2.14. The van der Waals surface area contributed by atoms with E-state index in [0.29, 0.717) is 0 Å². The van der Waals surface area contributed by atoms with E-state index in [2.05, 4.69) is 5.32 Å². The van der Waals surface area contributed by atoms with E-state index in [0.717, 1.165) is 30.0 Å². The Morgan fingerprint density at radius 1 is 1.56 bits per heavy atom. The van der Waals surface area contributed by atoms with E-state index < -0.39 is 5.91 Å². The summed E-state index contributed by atoms with van der Waals surface area (Å²) in [5, 5.41) is 3.16. The lowest BCUT2D eigenvalue weighted by Gasteiger charge is -2.21. The molecule has 4 heteroatoms. The van der Waals surface area contributed by atoms with Crippen LogP contribution in [0.1, 0.15) is 11.1 Å². The van der Waals surface area contributed by atoms with Gasteiger partial charge in [-0.1, -0.05) is 0 Å². The Morgan fingerprint density at radius 2 is 2.38 bits per heavy atom. The van der Waals surface area contributed by atoms with Crippen LogP contribution in [0.5, 0.6) is 5.75 Å². The summed E-state index contributed by atoms with van der Waals surface area (Å²) in [6.45, 7) is 0.805. The highest BCUT2D eigenvalue weighted by atomic mass is 16.5. The molecule has 0 atom stereocenters. The molecule has 0 spiro atoms. The monoisotopic (exact) mass is 218 g/mol. The van der Waals surface area contributed by atoms with E-state index in [1.807, 2.05) is 18.2 Å². The van der Waals surface area contributed by atoms with E-state index in [9.17, 15) is 4.79 Å². The fourth-order valence-corrected chi connectivity index (χ4v) is 1.86. The Balaban J connectivity index is 2.43. The van der Waals surface area contributed by atoms with E-state index in [4.69, 9.17) is 10.5 Å². The number of primary amides is 1. The molecule has 0 fully saturated rings. The summed E-state index contributed by atoms with van der Waals surface area (Å²) in [5.74, 6) is 0.394. The summed E-state index contributed by atoms with van der Waals surface area (Å²) >= 11 is 0. The molecule has 2 rings (SSSR count). The van der Waals surface area contributed by atoms with Crippen LogP contribution in [0.2, 0.25) is 0 Å². The Hall–Kier alpha value is -1.97. The molecular formula is C12H14N2O2. The molecule has 0 saturated carbocycles. The lowest BCUT2D eigenvalue weighted by Crippen LogP contribution is -2.24. The molecule has 84 valence electrons. The molecule has 0 radical (unpaired) electrons. The minimum atomic E-state index is -0.439. The van der Waals surface area contributed by atoms with Gasteiger partial charge in [-0.05, 0) is 30.2 Å². The first kappa shape index (κ1) is 10.5. The van der Waals surface area contributed by atoms with Gasteiger partial charge < -0.3 is 15.8 Å². The minimum Gasteiger partial charge on any atom is -0.497 e. The zero-order valence-corrected chi connectivity index (χ0v) is 9.12. The van der Waals surface area contributed by atoms with Crippen molar-refractivity contribution in [3.8, 4) is 5.75 Å². The van der Waals surface area contributed by atoms with Crippen LogP contribution in [0.15, 0.2) is 24.3 Å². The van der Waals surface area contributed by atoms with Crippen molar-refractivity contribution >= 4 is 11.6 Å². The zero-order valence-electron chi connectivity index (χ0n) is 9.12. The van der Waals surface area contributed by atoms with Gasteiger partial charge in [0.15, 0.2) is 0 Å². The first-order chi connectivity index (χ1) is 7.70. The third-order valence-electron chi connectivity index (χ3n) is 2.60. The predicted octanol–water partition coefficient (Wildman–Crippen LogP) is 0.667. The van der Waals surface area contributed by atoms with Gasteiger partial charge in [-0.3, -0.25) is 4.79 Å². The van der Waals surface area contributed by atoms with Gasteiger partial charge in [-0.2, -0.15) is 0 Å². The van der Waals surface area contributed by atoms with Gasteiger partial charge in [-0.15, -0.1) is 0 Å². The second-order valence-corrected chi connectivity index (χ2v) is 3.66. The molecule has 16 heavy (non-hydrogen) atoms. The average molecular weight is 218 g/mol. The van der Waals surface area contributed by atoms with Crippen LogP contribution in [0, 0.1) is 0 Å². The quantitative estimate of drug-likeness (QED) is 0.717. The first-order valence-electron chi connectivity index (χ1n) is 5.13. The number of carbonyl (C=O) groups is 1. The molecule has 4 nitrogen and oxygen atoms in total. The molecule has 0 aromatic heterocycles. The number of hydrogen-bond donors (Lipinski definition) is 2. The maximum absolute atomic E-state index is 10.9. The fourth-order valence-electron chi connectivity index (χ4n) is 1.86. The van der Waals surface area contributed by atoms with Crippen LogP contribution in [0.4, 0.5) is 0 Å². The Bertz CT molecular complexity index is 452. The topological polar surface area (TPSA) is 64.3 Å². The van der Waals surface area contributed by atoms with E-state index >= 15 is 0 Å². The van der Waals surface area contributed by atoms with Crippen molar-refractivity contribution in [1.29, 1.82) is 0 Å². The number of rotatable bonds is 2. The van der Waals surface area contributed by atoms with Crippen molar-refractivity contribution in [2.45, 2.75) is 6.42 Å². The SMILES string of the molecule is COc1ccc2c(c1)CCNC2=CC(N)=O. The third-order valence-corrected chi connectivity index (χ3v) is 2.60. The highest BCUT2D eigenvalue weighted by Crippen LogP contribution is 2.25. The van der Waals surface area contributed by atoms with E-state index in [1.54, 1.807) is 7.11 Å². The molecule has 1 heterocycles. The second-order valence-electron chi connectivity index (χ2n) is 3.66. The largest absolute Gasteiger partial charge is 0.497 e. The molecule has 0 bridgehead atoms. The summed E-state index contributed by atoms with van der Waals surface area (Å²) in [6.07, 6.45) is 2.34. The van der Waals surface area contributed by atoms with Crippen molar-refractivity contribution < 1.29 is 9.53 Å². The lowest BCUT2D eigenvalue weighted by atomic mass is 9.97. The van der Waals surface area contributed by atoms with Crippen molar-refractivity contribution in [2.24, 2.45) is 5.73 Å². The van der Waals surface area contributed by atoms with Crippen molar-refractivity contribution in [2.75, 3.05) is 13.7 Å². The molecule has 0 saturated heterocycles. The predicted molar refractivity (Wildman–Crippen MR) is 61.9 cm³/mol. The average Bonchev–Trinajstić information content (AvgIpc) is 2.28. The van der Waals surface area contributed by atoms with Crippen LogP contribution >= 0.6 is 0 Å². The normalized spacial score (nSPS) is 16.4. The van der Waals surface area contributed by atoms with Gasteiger partial charge in [0, 0.05) is 23.9 Å². The number of nitrogens with one attached hydrogen (secondary N) is 1. The van der Waals surface area contributed by atoms with Gasteiger partial charge in [-0.25, -0.2) is 0 Å². The lowest BCUT2D eigenvalue weighted by molar-refractivity contribution is -0.113. The summed E-state index contributed by atoms with van der Waals surface area (Å²) in [4.78, 5) is 10.9. The molecule has 1 aromatic rings. The maximum Gasteiger partial charge on any atom is 0.243 e. The summed E-state index contributed by atoms with van der Waals surface area (Å²) in [5.41, 5.74) is 8.14. The molecule has 1 aliphatic heterocycles. The van der Waals surface area contributed by atoms with Crippen LogP contribution in [0.25, 0.3) is 5.70 Å². The summed E-state index contributed by atoms with van der Waals surface area (Å²) in [7, 11) is 1.64. The maximum atomic E-state index is 10.9. The summed E-state index contributed by atoms with van der Waals surface area (Å²) < 4.78 is 5.17. The standard InChI is InChI=1S/C12H14N2O2/c1-16-9-2-3-10-8(6-9)4-5-14-11(10)7-12(13)15/h2-3,6-7,14H,4-5H2,1H3,(H2,13,15). The van der Waals surface area contributed by atoms with E-state index in [1.165, 1.54) is 11.6 Å². The van der Waals surface area contributed by atoms with Gasteiger partial charge >= 0.3 is 0 Å². The third kappa shape index (κ3) is 2.00. The second kappa shape index (κ2) is 4.26. The van der Waals surface area contributed by atoms with Crippen molar-refractivity contribution in [3.63, 3.8) is 0 Å². The zero-order chi connectivity index (χ0) is 11.5. The molecule has 1 amide bonds. The number of nitrogens with two attached hydrogens (primary N) is 1. The molecular weight excluding hydrogens is 204 g/mol. The number of hydrogen-bond acceptors (Lipinski definition) is 3. The number of amides is 1. The Labute approximate surface area is 94.1 Å². The molecule has 0 unspecified atom stereocenters. The smallest absolute Gasteiger partial charge is 0.243 e. The number of carbonyl (C=O) groups excluding carboxylic acids is 1. The van der Waals surface area contributed by atoms with Crippen molar-refractivity contribution in [1.82, 2.24) is 5.32 Å². The fraction of sp³-hybridized carbons (Fsp3) is 0.250. The molecule has 3 N–H and O–H groups in total. The van der Waals surface area contributed by atoms with Crippen molar-refractivity contribution in [3.05, 3.63) is 35.4 Å². The highest BCUT2D eigenvalue weighted by molar-refractivity contribution is 5.94. The first-order valence-corrected chi connectivity index (χ1v) is 5.13. The van der Waals surface area contributed by atoms with Gasteiger partial charge in [0.1, 0.15) is 5.75 Å². The molecule has 1 aliphatic rings. The number of fused-ring (bicyclic) bond motifs is 1. The Kier molecular flexibility index (Phi) is 2.81. The number of methoxy groups -OCH3 is 1. The van der Waals surface area contributed by atoms with Gasteiger partial charge in [0.25, 0.3) is 0 Å². The van der Waals surface area contributed by atoms with Gasteiger partial charge in [0.05, 0.1) is 7.11 Å². The minimum absolute atomic E-state index is 0.439. The van der Waals surface area contributed by atoms with Crippen LogP contribution in [-0.2, 0) is 11.2 Å². The van der Waals surface area contributed by atoms with Crippen LogP contribution in [0.3, 0.4) is 0 Å². The van der Waals surface area contributed by atoms with Gasteiger partial charge in [0.2, 0.25) is 5.91 Å². The number of benzene rings is 1. The molecule has 1 aromatic carbocycles. The molecule has 0 aliphatic carbocycles. The van der Waals surface area contributed by atoms with Crippen LogP contribution < -0.4 is 15.8 Å². The van der Waals surface area contributed by atoms with Crippen LogP contribution in [-0.4, -0.2) is 19.6 Å².